The molecule has 0 aliphatic rings. The quantitative estimate of drug-likeness (QED) is 0.324. The van der Waals surface area contributed by atoms with Gasteiger partial charge in [-0.3, -0.25) is 9.52 Å². The summed E-state index contributed by atoms with van der Waals surface area (Å²) in [6, 6.07) is 9.36. The molecular weight excluding hydrogens is 542 g/mol. The average Bonchev–Trinajstić information content (AvgIpc) is 3.15. The van der Waals surface area contributed by atoms with Gasteiger partial charge in [-0.2, -0.15) is 23.0 Å². The number of rotatable bonds is 5. The van der Waals surface area contributed by atoms with Crippen LogP contribution in [0.4, 0.5) is 23.2 Å². The van der Waals surface area contributed by atoms with Gasteiger partial charge < -0.3 is 5.11 Å². The molecule has 0 aliphatic carbocycles. The van der Waals surface area contributed by atoms with Crippen molar-refractivity contribution in [3.05, 3.63) is 82.1 Å². The van der Waals surface area contributed by atoms with Gasteiger partial charge in [-0.05, 0) is 48.5 Å². The van der Waals surface area contributed by atoms with Crippen LogP contribution >= 0.6 is 11.6 Å². The highest BCUT2D eigenvalue weighted by Crippen LogP contribution is 2.37. The number of hydrogen-bond donors (Lipinski definition) is 2. The molecule has 1 aromatic heterocycles. The van der Waals surface area contributed by atoms with Crippen molar-refractivity contribution < 1.29 is 40.7 Å². The second kappa shape index (κ2) is 9.16. The van der Waals surface area contributed by atoms with Crippen LogP contribution in [0.1, 0.15) is 26.3 Å². The Kier molecular flexibility index (Phi) is 6.46. The molecule has 8 nitrogen and oxygen atoms in total. The second-order valence-corrected chi connectivity index (χ2v) is 9.99. The van der Waals surface area contributed by atoms with Crippen LogP contribution in [0.3, 0.4) is 0 Å². The van der Waals surface area contributed by atoms with E-state index < -0.39 is 50.0 Å². The number of nitrogens with zero attached hydrogens (tertiary/aromatic N) is 2. The number of alkyl halides is 3. The normalized spacial score (nSPS) is 12.1. The van der Waals surface area contributed by atoms with E-state index in [2.05, 4.69) is 9.82 Å². The lowest BCUT2D eigenvalue weighted by Gasteiger charge is -2.13. The zero-order valence-electron chi connectivity index (χ0n) is 18.5. The number of hydrogen-bond acceptors (Lipinski definition) is 5. The number of aromatic nitrogens is 2. The highest BCUT2D eigenvalue weighted by atomic mass is 35.5. The van der Waals surface area contributed by atoms with Gasteiger partial charge in [0, 0.05) is 10.9 Å². The van der Waals surface area contributed by atoms with Crippen LogP contribution < -0.4 is 4.72 Å². The number of anilines is 1. The second-order valence-electron chi connectivity index (χ2n) is 7.83. The highest BCUT2D eigenvalue weighted by molar-refractivity contribution is 7.92. The minimum atomic E-state index is -4.95. The Morgan fingerprint density at radius 1 is 1.08 bits per heavy atom. The lowest BCUT2D eigenvalue weighted by Crippen LogP contribution is -2.20. The van der Waals surface area contributed by atoms with Crippen molar-refractivity contribution in [1.29, 1.82) is 0 Å². The summed E-state index contributed by atoms with van der Waals surface area (Å²) in [7, 11) is -3.78. The third kappa shape index (κ3) is 5.13. The largest absolute Gasteiger partial charge is 0.478 e. The summed E-state index contributed by atoms with van der Waals surface area (Å²) in [6.45, 7) is 0. The Hall–Kier alpha value is -3.97. The SMILES string of the molecule is CS(=O)(=O)Nc1ccc2c(-c3ccc(C(=O)O)cc3F)nn(C(=O)c3c(Cl)cccc3C(F)(F)F)c2c1. The van der Waals surface area contributed by atoms with E-state index in [0.717, 1.165) is 42.7 Å². The molecule has 192 valence electrons. The molecule has 0 spiro atoms. The van der Waals surface area contributed by atoms with Gasteiger partial charge in [0.25, 0.3) is 5.91 Å². The fourth-order valence-electron chi connectivity index (χ4n) is 3.67. The van der Waals surface area contributed by atoms with Crippen molar-refractivity contribution in [2.75, 3.05) is 11.0 Å². The molecule has 0 atom stereocenters. The molecule has 14 heteroatoms. The van der Waals surface area contributed by atoms with E-state index >= 15 is 0 Å². The molecule has 37 heavy (non-hydrogen) atoms. The first-order valence-electron chi connectivity index (χ1n) is 10.1. The monoisotopic (exact) mass is 555 g/mol. The lowest BCUT2D eigenvalue weighted by atomic mass is 10.0. The summed E-state index contributed by atoms with van der Waals surface area (Å²) in [4.78, 5) is 24.6. The molecule has 0 bridgehead atoms. The summed E-state index contributed by atoms with van der Waals surface area (Å²) >= 11 is 5.98. The predicted octanol–water partition coefficient (Wildman–Crippen LogP) is 5.27. The van der Waals surface area contributed by atoms with Crippen molar-refractivity contribution in [2.45, 2.75) is 6.18 Å². The van der Waals surface area contributed by atoms with Gasteiger partial charge in [-0.25, -0.2) is 17.6 Å². The summed E-state index contributed by atoms with van der Waals surface area (Å²) in [5.41, 5.74) is -3.29. The van der Waals surface area contributed by atoms with Crippen molar-refractivity contribution in [3.8, 4) is 11.3 Å². The molecule has 0 radical (unpaired) electrons. The van der Waals surface area contributed by atoms with E-state index in [-0.39, 0.29) is 33.4 Å². The molecular formula is C23H14ClF4N3O5S. The number of nitrogens with one attached hydrogen (secondary N) is 1. The fourth-order valence-corrected chi connectivity index (χ4v) is 4.48. The Bertz CT molecular complexity index is 1700. The van der Waals surface area contributed by atoms with E-state index in [1.165, 1.54) is 12.1 Å². The molecule has 0 saturated heterocycles. The van der Waals surface area contributed by atoms with Crippen molar-refractivity contribution in [3.63, 3.8) is 0 Å². The summed E-state index contributed by atoms with van der Waals surface area (Å²) in [6.07, 6.45) is -4.09. The first-order chi connectivity index (χ1) is 17.2. The van der Waals surface area contributed by atoms with Gasteiger partial charge in [0.15, 0.2) is 0 Å². The molecule has 0 unspecified atom stereocenters. The van der Waals surface area contributed by atoms with Crippen LogP contribution in [0.5, 0.6) is 0 Å². The number of carboxylic acid groups (broad SMARTS) is 1. The van der Waals surface area contributed by atoms with Crippen LogP contribution in [0.25, 0.3) is 22.2 Å². The number of halogens is 5. The van der Waals surface area contributed by atoms with E-state index in [4.69, 9.17) is 16.7 Å². The first kappa shape index (κ1) is 26.1. The van der Waals surface area contributed by atoms with Crippen LogP contribution in [0.2, 0.25) is 5.02 Å². The standard InChI is InChI=1S/C23H14ClF4N3O5S/c1-37(35,36)30-12-6-8-14-18(10-12)31(21(32)19-15(23(26,27)28)3-2-4-16(19)24)29-20(14)13-7-5-11(22(33)34)9-17(13)25/h2-10,30H,1H3,(H,33,34). The fraction of sp³-hybridized carbons (Fsp3) is 0.0870. The van der Waals surface area contributed by atoms with E-state index in [1.807, 2.05) is 0 Å². The minimum absolute atomic E-state index is 0.0487. The maximum atomic E-state index is 14.9. The van der Waals surface area contributed by atoms with Crippen molar-refractivity contribution in [2.24, 2.45) is 0 Å². The van der Waals surface area contributed by atoms with E-state index in [9.17, 15) is 35.6 Å². The number of carboxylic acids is 1. The van der Waals surface area contributed by atoms with Crippen LogP contribution in [-0.4, -0.2) is 41.4 Å². The molecule has 0 aliphatic heterocycles. The van der Waals surface area contributed by atoms with E-state index in [1.54, 1.807) is 0 Å². The van der Waals surface area contributed by atoms with Gasteiger partial charge in [-0.1, -0.05) is 17.7 Å². The van der Waals surface area contributed by atoms with Crippen molar-refractivity contribution in [1.82, 2.24) is 9.78 Å². The highest BCUT2D eigenvalue weighted by Gasteiger charge is 2.37. The zero-order valence-corrected chi connectivity index (χ0v) is 20.0. The third-order valence-electron chi connectivity index (χ3n) is 5.18. The molecule has 0 saturated carbocycles. The van der Waals surface area contributed by atoms with Gasteiger partial charge in [0.2, 0.25) is 10.0 Å². The van der Waals surface area contributed by atoms with Crippen LogP contribution in [0.15, 0.2) is 54.6 Å². The smallest absolute Gasteiger partial charge is 0.417 e. The molecule has 1 heterocycles. The molecule has 3 aromatic carbocycles. The Morgan fingerprint density at radius 2 is 1.78 bits per heavy atom. The number of carbonyl (C=O) groups excluding carboxylic acids is 1. The molecule has 0 fully saturated rings. The van der Waals surface area contributed by atoms with Crippen LogP contribution in [0, 0.1) is 5.82 Å². The topological polar surface area (TPSA) is 118 Å². The average molecular weight is 556 g/mol. The zero-order chi connectivity index (χ0) is 27.3. The summed E-state index contributed by atoms with van der Waals surface area (Å²) in [5, 5.41) is 12.7. The molecule has 4 aromatic rings. The number of fused-ring (bicyclic) bond motifs is 1. The summed E-state index contributed by atoms with van der Waals surface area (Å²) < 4.78 is 82.0. The molecule has 4 rings (SSSR count). The summed E-state index contributed by atoms with van der Waals surface area (Å²) in [5.74, 6) is -3.73. The number of sulfonamides is 1. The van der Waals surface area contributed by atoms with Gasteiger partial charge in [-0.15, -0.1) is 0 Å². The van der Waals surface area contributed by atoms with Gasteiger partial charge >= 0.3 is 12.1 Å². The maximum absolute atomic E-state index is 14.9. The van der Waals surface area contributed by atoms with E-state index in [0.29, 0.717) is 10.7 Å². The van der Waals surface area contributed by atoms with Gasteiger partial charge in [0.1, 0.15) is 11.5 Å². The molecule has 2 N–H and O–H groups in total. The lowest BCUT2D eigenvalue weighted by molar-refractivity contribution is -0.137. The Morgan fingerprint density at radius 3 is 2.38 bits per heavy atom. The Labute approximate surface area is 211 Å². The molecule has 0 amide bonds. The number of benzene rings is 3. The maximum Gasteiger partial charge on any atom is 0.417 e. The minimum Gasteiger partial charge on any atom is -0.478 e. The number of aromatic carboxylic acids is 1. The van der Waals surface area contributed by atoms with Crippen molar-refractivity contribution >= 4 is 50.1 Å². The van der Waals surface area contributed by atoms with Gasteiger partial charge in [0.05, 0.1) is 39.2 Å². The number of carbonyl (C=O) groups is 2. The van der Waals surface area contributed by atoms with Crippen LogP contribution in [-0.2, 0) is 16.2 Å². The third-order valence-corrected chi connectivity index (χ3v) is 6.10. The predicted molar refractivity (Wildman–Crippen MR) is 127 cm³/mol. The first-order valence-corrected chi connectivity index (χ1v) is 12.4. The Balaban J connectivity index is 2.01.